The van der Waals surface area contributed by atoms with E-state index in [1.165, 1.54) is 0 Å². The maximum absolute atomic E-state index is 5.88. The molecule has 7 heteroatoms. The van der Waals surface area contributed by atoms with E-state index >= 15 is 0 Å². The maximum atomic E-state index is 5.88. The number of hydrogen-bond acceptors (Lipinski definition) is 5. The lowest BCUT2D eigenvalue weighted by molar-refractivity contribution is 0.0376. The van der Waals surface area contributed by atoms with Gasteiger partial charge in [-0.15, -0.1) is 11.3 Å². The van der Waals surface area contributed by atoms with E-state index in [2.05, 4.69) is 27.1 Å². The summed E-state index contributed by atoms with van der Waals surface area (Å²) < 4.78 is 5.33. The molecule has 1 aliphatic rings. The Hall–Kier alpha value is -1.18. The quantitative estimate of drug-likeness (QED) is 0.444. The normalized spacial score (nSPS) is 18.6. The first kappa shape index (κ1) is 16.2. The molecule has 0 aromatic carbocycles. The average Bonchev–Trinajstić information content (AvgIpc) is 3.05. The summed E-state index contributed by atoms with van der Waals surface area (Å²) in [6.07, 6.45) is 2.89. The number of thiazole rings is 1. The molecule has 1 atom stereocenters. The van der Waals surface area contributed by atoms with E-state index in [-0.39, 0.29) is 0 Å². The van der Waals surface area contributed by atoms with Gasteiger partial charge in [0.1, 0.15) is 0 Å². The first-order valence-corrected chi connectivity index (χ1v) is 8.37. The molecule has 1 fully saturated rings. The van der Waals surface area contributed by atoms with Gasteiger partial charge in [-0.25, -0.2) is 4.98 Å². The summed E-state index contributed by atoms with van der Waals surface area (Å²) in [6.45, 7) is 8.52. The number of ether oxygens (including phenoxy) is 1. The highest BCUT2D eigenvalue weighted by Crippen LogP contribution is 2.17. The molecule has 0 spiro atoms. The maximum Gasteiger partial charge on any atom is 0.188 e. The molecule has 2 rings (SSSR count). The molecule has 0 saturated carbocycles. The first-order valence-electron chi connectivity index (χ1n) is 7.49. The molecule has 2 heterocycles. The van der Waals surface area contributed by atoms with E-state index in [0.717, 1.165) is 50.8 Å². The smallest absolute Gasteiger partial charge is 0.188 e. The highest BCUT2D eigenvalue weighted by Gasteiger charge is 2.09. The van der Waals surface area contributed by atoms with E-state index < -0.39 is 0 Å². The van der Waals surface area contributed by atoms with Crippen LogP contribution < -0.4 is 11.1 Å². The predicted octanol–water partition coefficient (Wildman–Crippen LogP) is 0.873. The van der Waals surface area contributed by atoms with Crippen molar-refractivity contribution in [1.82, 2.24) is 15.2 Å². The zero-order valence-corrected chi connectivity index (χ0v) is 13.4. The Kier molecular flexibility index (Phi) is 6.91. The summed E-state index contributed by atoms with van der Waals surface area (Å²) in [4.78, 5) is 11.1. The fourth-order valence-electron chi connectivity index (χ4n) is 2.19. The molecule has 6 nitrogen and oxygen atoms in total. The molecule has 0 radical (unpaired) electrons. The molecule has 1 saturated heterocycles. The molecule has 1 unspecified atom stereocenters. The van der Waals surface area contributed by atoms with Crippen molar-refractivity contribution < 1.29 is 4.74 Å². The van der Waals surface area contributed by atoms with Crippen molar-refractivity contribution in [3.8, 4) is 0 Å². The third-order valence-corrected chi connectivity index (χ3v) is 4.48. The molecule has 1 aromatic rings. The van der Waals surface area contributed by atoms with Gasteiger partial charge in [-0.3, -0.25) is 9.89 Å². The minimum absolute atomic E-state index is 0.318. The van der Waals surface area contributed by atoms with Crippen LogP contribution in [0.2, 0.25) is 0 Å². The van der Waals surface area contributed by atoms with Gasteiger partial charge in [-0.2, -0.15) is 0 Å². The van der Waals surface area contributed by atoms with Gasteiger partial charge in [0, 0.05) is 37.1 Å². The number of rotatable bonds is 7. The highest BCUT2D eigenvalue weighted by atomic mass is 32.1. The number of nitrogens with two attached hydrogens (primary N) is 1. The van der Waals surface area contributed by atoms with Crippen molar-refractivity contribution in [3.05, 3.63) is 16.6 Å². The number of nitrogens with zero attached hydrogens (tertiary/aromatic N) is 3. The van der Waals surface area contributed by atoms with Gasteiger partial charge in [0.2, 0.25) is 0 Å². The Labute approximate surface area is 130 Å². The standard InChI is InChI=1S/C14H25N5OS/c1-12(13-16-4-10-21-13)11-18-14(15)17-3-2-5-19-6-8-20-9-7-19/h4,10,12H,2-3,5-9,11H2,1H3,(H3,15,17,18). The van der Waals surface area contributed by atoms with E-state index in [9.17, 15) is 0 Å². The Morgan fingerprint density at radius 1 is 1.57 bits per heavy atom. The van der Waals surface area contributed by atoms with Crippen LogP contribution in [0, 0.1) is 0 Å². The van der Waals surface area contributed by atoms with Crippen molar-refractivity contribution in [1.29, 1.82) is 0 Å². The van der Waals surface area contributed by atoms with Gasteiger partial charge in [0.25, 0.3) is 0 Å². The average molecular weight is 311 g/mol. The second-order valence-electron chi connectivity index (χ2n) is 5.23. The van der Waals surface area contributed by atoms with Crippen molar-refractivity contribution in [2.24, 2.45) is 10.7 Å². The third-order valence-electron chi connectivity index (χ3n) is 3.47. The van der Waals surface area contributed by atoms with E-state index in [4.69, 9.17) is 10.5 Å². The fourth-order valence-corrected chi connectivity index (χ4v) is 2.88. The van der Waals surface area contributed by atoms with Gasteiger partial charge in [-0.1, -0.05) is 6.92 Å². The Bertz CT molecular complexity index is 417. The Morgan fingerprint density at radius 3 is 3.10 bits per heavy atom. The highest BCUT2D eigenvalue weighted by molar-refractivity contribution is 7.09. The van der Waals surface area contributed by atoms with Crippen LogP contribution in [0.1, 0.15) is 24.3 Å². The van der Waals surface area contributed by atoms with Crippen molar-refractivity contribution in [2.75, 3.05) is 45.9 Å². The van der Waals surface area contributed by atoms with Crippen LogP contribution in [0.3, 0.4) is 0 Å². The number of morpholine rings is 1. The second kappa shape index (κ2) is 8.96. The van der Waals surface area contributed by atoms with E-state index in [1.54, 1.807) is 11.3 Å². The monoisotopic (exact) mass is 311 g/mol. The first-order chi connectivity index (χ1) is 10.3. The van der Waals surface area contributed by atoms with Gasteiger partial charge in [0.15, 0.2) is 5.96 Å². The summed E-state index contributed by atoms with van der Waals surface area (Å²) in [5.74, 6) is 0.846. The van der Waals surface area contributed by atoms with Crippen LogP contribution in [0.15, 0.2) is 16.6 Å². The lowest BCUT2D eigenvalue weighted by atomic mass is 10.2. The van der Waals surface area contributed by atoms with E-state index in [0.29, 0.717) is 18.4 Å². The molecule has 0 bridgehead atoms. The molecular weight excluding hydrogens is 286 g/mol. The summed E-state index contributed by atoms with van der Waals surface area (Å²) in [5, 5.41) is 6.27. The number of aromatic nitrogens is 1. The van der Waals surface area contributed by atoms with Crippen molar-refractivity contribution in [3.63, 3.8) is 0 Å². The Morgan fingerprint density at radius 2 is 2.38 bits per heavy atom. The number of hydrogen-bond donors (Lipinski definition) is 2. The number of aliphatic imine (C=N–C) groups is 1. The molecular formula is C14H25N5OS. The molecule has 21 heavy (non-hydrogen) atoms. The van der Waals surface area contributed by atoms with Gasteiger partial charge in [0.05, 0.1) is 24.8 Å². The van der Waals surface area contributed by atoms with Crippen molar-refractivity contribution >= 4 is 17.3 Å². The SMILES string of the molecule is CC(CN=C(N)NCCCN1CCOCC1)c1nccs1. The van der Waals surface area contributed by atoms with Gasteiger partial charge in [-0.05, 0) is 13.0 Å². The second-order valence-corrected chi connectivity index (χ2v) is 6.16. The van der Waals surface area contributed by atoms with Crippen LogP contribution >= 0.6 is 11.3 Å². The summed E-state index contributed by atoms with van der Waals surface area (Å²) in [6, 6.07) is 0. The van der Waals surface area contributed by atoms with Crippen molar-refractivity contribution in [2.45, 2.75) is 19.3 Å². The summed E-state index contributed by atoms with van der Waals surface area (Å²) in [5.41, 5.74) is 5.88. The number of guanidine groups is 1. The van der Waals surface area contributed by atoms with Crippen LogP contribution in [0.4, 0.5) is 0 Å². The van der Waals surface area contributed by atoms with Crippen LogP contribution in [0.5, 0.6) is 0 Å². The number of nitrogens with one attached hydrogen (secondary N) is 1. The van der Waals surface area contributed by atoms with E-state index in [1.807, 2.05) is 11.6 Å². The largest absolute Gasteiger partial charge is 0.379 e. The fraction of sp³-hybridized carbons (Fsp3) is 0.714. The van der Waals surface area contributed by atoms with Crippen LogP contribution in [0.25, 0.3) is 0 Å². The predicted molar refractivity (Wildman–Crippen MR) is 86.9 cm³/mol. The molecule has 3 N–H and O–H groups in total. The molecule has 0 amide bonds. The zero-order chi connectivity index (χ0) is 14.9. The zero-order valence-electron chi connectivity index (χ0n) is 12.6. The Balaban J connectivity index is 1.58. The molecule has 1 aromatic heterocycles. The van der Waals surface area contributed by atoms with Crippen LogP contribution in [-0.4, -0.2) is 61.8 Å². The molecule has 118 valence electrons. The minimum Gasteiger partial charge on any atom is -0.379 e. The van der Waals surface area contributed by atoms with Gasteiger partial charge < -0.3 is 15.8 Å². The third kappa shape index (κ3) is 5.99. The molecule has 0 aliphatic carbocycles. The lowest BCUT2D eigenvalue weighted by Gasteiger charge is -2.26. The minimum atomic E-state index is 0.318. The lowest BCUT2D eigenvalue weighted by Crippen LogP contribution is -2.39. The van der Waals surface area contributed by atoms with Gasteiger partial charge >= 0.3 is 0 Å². The molecule has 1 aliphatic heterocycles. The summed E-state index contributed by atoms with van der Waals surface area (Å²) >= 11 is 1.66. The van der Waals surface area contributed by atoms with Crippen LogP contribution in [-0.2, 0) is 4.74 Å². The topological polar surface area (TPSA) is 75.8 Å². The summed E-state index contributed by atoms with van der Waals surface area (Å²) in [7, 11) is 0.